The van der Waals surface area contributed by atoms with E-state index in [4.69, 9.17) is 4.74 Å². The number of aromatic nitrogens is 4. The molecule has 0 atom stereocenters. The number of methoxy groups -OCH3 is 1. The first-order valence-electron chi connectivity index (χ1n) is 11.6. The van der Waals surface area contributed by atoms with Gasteiger partial charge in [0.2, 0.25) is 5.91 Å². The predicted octanol–water partition coefficient (Wildman–Crippen LogP) is 1.89. The maximum atomic E-state index is 13.4. The Hall–Kier alpha value is -3.20. The summed E-state index contributed by atoms with van der Waals surface area (Å²) in [7, 11) is 1.58. The van der Waals surface area contributed by atoms with Crippen LogP contribution in [-0.4, -0.2) is 44.4 Å². The van der Waals surface area contributed by atoms with Crippen LogP contribution in [0.3, 0.4) is 0 Å². The molecule has 0 unspecified atom stereocenters. The third-order valence-corrected chi connectivity index (χ3v) is 6.23. The van der Waals surface area contributed by atoms with Gasteiger partial charge in [0.05, 0.1) is 19.5 Å². The smallest absolute Gasteiger partial charge is 0.333 e. The van der Waals surface area contributed by atoms with Crippen LogP contribution in [0.25, 0.3) is 11.2 Å². The molecule has 2 aromatic heterocycles. The van der Waals surface area contributed by atoms with Gasteiger partial charge in [-0.05, 0) is 18.4 Å². The number of fused-ring (bicyclic) bond motifs is 1. The number of carbonyl (C=O) groups excluding carboxylic acids is 1. The summed E-state index contributed by atoms with van der Waals surface area (Å²) in [6, 6.07) is 9.61. The topological polar surface area (TPSA) is 100 Å². The molecule has 1 saturated carbocycles. The molecule has 4 rings (SSSR count). The normalized spacial score (nSPS) is 14.9. The van der Waals surface area contributed by atoms with E-state index in [2.05, 4.69) is 10.3 Å². The number of imidazole rings is 1. The highest BCUT2D eigenvalue weighted by Crippen LogP contribution is 2.17. The number of ether oxygens (including phenoxy) is 1. The summed E-state index contributed by atoms with van der Waals surface area (Å²) in [6.45, 7) is 0.751. The van der Waals surface area contributed by atoms with Crippen LogP contribution in [0.5, 0.6) is 0 Å². The Morgan fingerprint density at radius 3 is 2.52 bits per heavy atom. The first-order chi connectivity index (χ1) is 16.1. The number of benzene rings is 1. The second kappa shape index (κ2) is 10.6. The molecule has 0 spiro atoms. The SMILES string of the molecule is COCCn1cnc2c1c(=O)n(CC(=O)NC1CCCCCC1)c(=O)n2Cc1ccccc1. The number of amides is 1. The van der Waals surface area contributed by atoms with Crippen LogP contribution in [-0.2, 0) is 29.2 Å². The number of nitrogens with zero attached hydrogens (tertiary/aromatic N) is 4. The summed E-state index contributed by atoms with van der Waals surface area (Å²) in [6.07, 6.45) is 7.93. The van der Waals surface area contributed by atoms with Gasteiger partial charge in [0.25, 0.3) is 5.56 Å². The van der Waals surface area contributed by atoms with Crippen LogP contribution in [0.4, 0.5) is 0 Å². The van der Waals surface area contributed by atoms with Crippen molar-refractivity contribution in [2.45, 2.75) is 64.2 Å². The van der Waals surface area contributed by atoms with E-state index in [-0.39, 0.29) is 25.0 Å². The van der Waals surface area contributed by atoms with Crippen molar-refractivity contribution in [1.29, 1.82) is 0 Å². The van der Waals surface area contributed by atoms with E-state index in [0.29, 0.717) is 24.3 Å². The van der Waals surface area contributed by atoms with Crippen molar-refractivity contribution in [1.82, 2.24) is 24.0 Å². The second-order valence-corrected chi connectivity index (χ2v) is 8.60. The average Bonchev–Trinajstić information content (AvgIpc) is 3.07. The number of hydrogen-bond acceptors (Lipinski definition) is 5. The summed E-state index contributed by atoms with van der Waals surface area (Å²) < 4.78 is 9.33. The summed E-state index contributed by atoms with van der Waals surface area (Å²) in [5.74, 6) is -0.310. The molecule has 1 aliphatic rings. The molecule has 33 heavy (non-hydrogen) atoms. The Balaban J connectivity index is 1.72. The highest BCUT2D eigenvalue weighted by molar-refractivity contribution is 5.77. The molecule has 1 aromatic carbocycles. The monoisotopic (exact) mass is 453 g/mol. The fourth-order valence-electron chi connectivity index (χ4n) is 4.49. The highest BCUT2D eigenvalue weighted by Gasteiger charge is 2.21. The van der Waals surface area contributed by atoms with Crippen LogP contribution < -0.4 is 16.6 Å². The molecule has 0 radical (unpaired) electrons. The largest absolute Gasteiger partial charge is 0.383 e. The Morgan fingerprint density at radius 2 is 1.82 bits per heavy atom. The van der Waals surface area contributed by atoms with E-state index in [9.17, 15) is 14.4 Å². The molecular formula is C24H31N5O4. The molecule has 1 aliphatic carbocycles. The molecule has 3 aromatic rings. The number of nitrogens with one attached hydrogen (secondary N) is 1. The molecule has 9 heteroatoms. The molecule has 1 fully saturated rings. The van der Waals surface area contributed by atoms with Crippen molar-refractivity contribution in [3.63, 3.8) is 0 Å². The molecular weight excluding hydrogens is 422 g/mol. The highest BCUT2D eigenvalue weighted by atomic mass is 16.5. The predicted molar refractivity (Wildman–Crippen MR) is 125 cm³/mol. The van der Waals surface area contributed by atoms with Crippen LogP contribution >= 0.6 is 0 Å². The van der Waals surface area contributed by atoms with Crippen molar-refractivity contribution in [2.75, 3.05) is 13.7 Å². The lowest BCUT2D eigenvalue weighted by molar-refractivity contribution is -0.122. The van der Waals surface area contributed by atoms with Gasteiger partial charge in [0, 0.05) is 19.7 Å². The van der Waals surface area contributed by atoms with Crippen molar-refractivity contribution in [2.24, 2.45) is 0 Å². The van der Waals surface area contributed by atoms with Crippen LogP contribution in [0.1, 0.15) is 44.1 Å². The van der Waals surface area contributed by atoms with Crippen molar-refractivity contribution in [3.05, 3.63) is 63.1 Å². The van der Waals surface area contributed by atoms with Crippen molar-refractivity contribution in [3.8, 4) is 0 Å². The summed E-state index contributed by atoms with van der Waals surface area (Å²) in [4.78, 5) is 43.9. The lowest BCUT2D eigenvalue weighted by Crippen LogP contribution is -2.46. The van der Waals surface area contributed by atoms with Gasteiger partial charge in [-0.15, -0.1) is 0 Å². The van der Waals surface area contributed by atoms with Gasteiger partial charge in [-0.3, -0.25) is 14.2 Å². The molecule has 0 saturated heterocycles. The summed E-state index contributed by atoms with van der Waals surface area (Å²) >= 11 is 0. The molecule has 1 N–H and O–H groups in total. The van der Waals surface area contributed by atoms with E-state index >= 15 is 0 Å². The number of hydrogen-bond donors (Lipinski definition) is 1. The van der Waals surface area contributed by atoms with E-state index in [0.717, 1.165) is 35.8 Å². The van der Waals surface area contributed by atoms with E-state index in [1.807, 2.05) is 30.3 Å². The third kappa shape index (κ3) is 5.24. The first kappa shape index (κ1) is 23.0. The molecule has 9 nitrogen and oxygen atoms in total. The van der Waals surface area contributed by atoms with Gasteiger partial charge in [-0.1, -0.05) is 56.0 Å². The minimum Gasteiger partial charge on any atom is -0.383 e. The van der Waals surface area contributed by atoms with Crippen LogP contribution in [0.2, 0.25) is 0 Å². The van der Waals surface area contributed by atoms with Gasteiger partial charge in [0.1, 0.15) is 6.54 Å². The van der Waals surface area contributed by atoms with Crippen LogP contribution in [0, 0.1) is 0 Å². The second-order valence-electron chi connectivity index (χ2n) is 8.60. The molecule has 2 heterocycles. The first-order valence-corrected chi connectivity index (χ1v) is 11.6. The molecule has 176 valence electrons. The lowest BCUT2D eigenvalue weighted by atomic mass is 10.1. The quantitative estimate of drug-likeness (QED) is 0.525. The lowest BCUT2D eigenvalue weighted by Gasteiger charge is -2.17. The van der Waals surface area contributed by atoms with E-state index in [1.165, 1.54) is 17.4 Å². The van der Waals surface area contributed by atoms with Crippen molar-refractivity contribution >= 4 is 17.1 Å². The number of carbonyl (C=O) groups is 1. The van der Waals surface area contributed by atoms with Gasteiger partial charge in [-0.25, -0.2) is 14.3 Å². The Bertz CT molecular complexity index is 1200. The Labute approximate surface area is 192 Å². The van der Waals surface area contributed by atoms with Crippen LogP contribution in [0.15, 0.2) is 46.2 Å². The molecule has 0 bridgehead atoms. The van der Waals surface area contributed by atoms with E-state index < -0.39 is 11.2 Å². The fraction of sp³-hybridized carbons (Fsp3) is 0.500. The maximum Gasteiger partial charge on any atom is 0.333 e. The zero-order chi connectivity index (χ0) is 23.2. The Kier molecular flexibility index (Phi) is 7.39. The molecule has 0 aliphatic heterocycles. The third-order valence-electron chi connectivity index (χ3n) is 6.23. The zero-order valence-corrected chi connectivity index (χ0v) is 19.0. The minimum absolute atomic E-state index is 0.0956. The average molecular weight is 454 g/mol. The minimum atomic E-state index is -0.538. The van der Waals surface area contributed by atoms with Gasteiger partial charge < -0.3 is 14.6 Å². The van der Waals surface area contributed by atoms with Crippen molar-refractivity contribution < 1.29 is 9.53 Å². The standard InChI is InChI=1S/C24H31N5O4/c1-33-14-13-27-17-25-22-21(27)23(31)29(16-20(30)26-19-11-7-2-3-8-12-19)24(32)28(22)15-18-9-5-4-6-10-18/h4-6,9-10,17,19H,2-3,7-8,11-16H2,1H3,(H,26,30). The Morgan fingerprint density at radius 1 is 1.09 bits per heavy atom. The summed E-state index contributed by atoms with van der Waals surface area (Å²) in [5, 5.41) is 3.03. The van der Waals surface area contributed by atoms with E-state index in [1.54, 1.807) is 18.0 Å². The maximum absolute atomic E-state index is 13.4. The fourth-order valence-corrected chi connectivity index (χ4v) is 4.49. The van der Waals surface area contributed by atoms with Gasteiger partial charge in [0.15, 0.2) is 11.2 Å². The molecule has 1 amide bonds. The number of rotatable bonds is 8. The van der Waals surface area contributed by atoms with Gasteiger partial charge >= 0.3 is 5.69 Å². The van der Waals surface area contributed by atoms with Gasteiger partial charge in [-0.2, -0.15) is 0 Å². The summed E-state index contributed by atoms with van der Waals surface area (Å²) in [5.41, 5.74) is 0.462. The zero-order valence-electron chi connectivity index (χ0n) is 19.0.